The zero-order valence-electron chi connectivity index (χ0n) is 19.3. The van der Waals surface area contributed by atoms with Crippen molar-refractivity contribution in [3.05, 3.63) is 45.5 Å². The summed E-state index contributed by atoms with van der Waals surface area (Å²) in [5, 5.41) is 19.6. The molecule has 0 amide bonds. The molecule has 0 spiro atoms. The Balaban J connectivity index is 1.48. The van der Waals surface area contributed by atoms with Gasteiger partial charge in [-0.25, -0.2) is 9.59 Å². The van der Waals surface area contributed by atoms with Crippen LogP contribution < -0.4 is 22.8 Å². The average Bonchev–Trinajstić information content (AvgIpc) is 3.21. The number of aliphatic hydroxyl groups is 2. The SMILES string of the molecule is Nc1ccn([C@@H]2O[C@H](COP(O)(=S)OC3[C@@H](CO)O[C@@H](n4ccc(N)nc4=O)C3(F)F)C(O)C2(F)F)c(=O)n1. The number of rotatable bonds is 8. The van der Waals surface area contributed by atoms with E-state index in [-0.39, 0.29) is 11.6 Å². The number of nitrogens with two attached hydrogens (primary N) is 2. The lowest BCUT2D eigenvalue weighted by Gasteiger charge is -2.27. The highest BCUT2D eigenvalue weighted by molar-refractivity contribution is 8.07. The van der Waals surface area contributed by atoms with E-state index in [0.29, 0.717) is 9.13 Å². The predicted molar refractivity (Wildman–Crippen MR) is 124 cm³/mol. The summed E-state index contributed by atoms with van der Waals surface area (Å²) in [6, 6.07) is 2.06. The van der Waals surface area contributed by atoms with E-state index in [4.69, 9.17) is 41.8 Å². The second kappa shape index (κ2) is 10.5. The first-order chi connectivity index (χ1) is 18.1. The molecule has 0 radical (unpaired) electrons. The Bertz CT molecular complexity index is 1400. The molecule has 15 nitrogen and oxygen atoms in total. The Hall–Kier alpha value is -2.55. The van der Waals surface area contributed by atoms with E-state index in [1.807, 2.05) is 0 Å². The molecule has 4 heterocycles. The van der Waals surface area contributed by atoms with E-state index in [9.17, 15) is 33.5 Å². The van der Waals surface area contributed by atoms with Gasteiger partial charge in [0, 0.05) is 12.4 Å². The summed E-state index contributed by atoms with van der Waals surface area (Å²) in [5.41, 5.74) is 8.25. The summed E-state index contributed by atoms with van der Waals surface area (Å²) in [6.45, 7) is -6.90. The number of hydrogen-bond donors (Lipinski definition) is 5. The monoisotopic (exact) mass is 604 g/mol. The van der Waals surface area contributed by atoms with Crippen molar-refractivity contribution in [2.75, 3.05) is 24.7 Å². The van der Waals surface area contributed by atoms with Crippen molar-refractivity contribution >= 4 is 30.2 Å². The quantitative estimate of drug-likeness (QED) is 0.175. The fourth-order valence-corrected chi connectivity index (χ4v) is 5.32. The van der Waals surface area contributed by atoms with Gasteiger partial charge >= 0.3 is 29.9 Å². The zero-order valence-corrected chi connectivity index (χ0v) is 21.0. The third-order valence-corrected chi connectivity index (χ3v) is 7.31. The fourth-order valence-electron chi connectivity index (χ4n) is 3.90. The van der Waals surface area contributed by atoms with Crippen molar-refractivity contribution in [1.82, 2.24) is 19.1 Å². The third-order valence-electron chi connectivity index (χ3n) is 5.77. The van der Waals surface area contributed by atoms with Gasteiger partial charge in [-0.3, -0.25) is 13.7 Å². The van der Waals surface area contributed by atoms with Crippen molar-refractivity contribution < 1.29 is 51.2 Å². The van der Waals surface area contributed by atoms with Gasteiger partial charge in [0.25, 0.3) is 0 Å². The molecule has 7 atom stereocenters. The molecule has 0 bridgehead atoms. The molecule has 0 aromatic carbocycles. The first kappa shape index (κ1) is 29.4. The molecule has 2 aromatic rings. The van der Waals surface area contributed by atoms with E-state index in [0.717, 1.165) is 24.5 Å². The van der Waals surface area contributed by atoms with Crippen molar-refractivity contribution in [1.29, 1.82) is 0 Å². The van der Waals surface area contributed by atoms with Crippen LogP contribution in [0.25, 0.3) is 0 Å². The van der Waals surface area contributed by atoms with Crippen LogP contribution in [0.4, 0.5) is 29.2 Å². The molecule has 2 saturated heterocycles. The largest absolute Gasteiger partial charge is 0.394 e. The Morgan fingerprint density at radius 2 is 1.49 bits per heavy atom. The Kier molecular flexibility index (Phi) is 7.89. The second-order valence-corrected chi connectivity index (χ2v) is 11.2. The number of anilines is 2. The van der Waals surface area contributed by atoms with Gasteiger partial charge in [-0.2, -0.15) is 27.5 Å². The van der Waals surface area contributed by atoms with Crippen LogP contribution in [0.15, 0.2) is 34.1 Å². The number of nitrogen functional groups attached to an aromatic ring is 2. The molecule has 4 rings (SSSR count). The van der Waals surface area contributed by atoms with Crippen LogP contribution in [0.1, 0.15) is 12.5 Å². The van der Waals surface area contributed by atoms with Crippen LogP contribution in [0.3, 0.4) is 0 Å². The molecular formula is C18H21F4N6O9PS. The van der Waals surface area contributed by atoms with Crippen LogP contribution in [0.2, 0.25) is 0 Å². The summed E-state index contributed by atoms with van der Waals surface area (Å²) in [5.74, 6) is -8.71. The van der Waals surface area contributed by atoms with Crippen molar-refractivity contribution in [2.45, 2.75) is 48.7 Å². The minimum Gasteiger partial charge on any atom is -0.394 e. The summed E-state index contributed by atoms with van der Waals surface area (Å²) in [7, 11) is 0. The maximum atomic E-state index is 15.2. The van der Waals surface area contributed by atoms with Gasteiger partial charge in [-0.15, -0.1) is 0 Å². The highest BCUT2D eigenvalue weighted by Crippen LogP contribution is 2.54. The first-order valence-corrected chi connectivity index (χ1v) is 13.4. The summed E-state index contributed by atoms with van der Waals surface area (Å²) in [6.07, 6.45) is -11.8. The molecule has 216 valence electrons. The summed E-state index contributed by atoms with van der Waals surface area (Å²) < 4.78 is 80.4. The standard InChI is InChI=1S/C18H21F4N6O9PS/c19-17(20)11(30)8(36-13(17)27-3-1-9(23)25-15(27)31)6-34-38(33,39)37-12-7(5-29)35-14(18(12,21)22)28-4-2-10(24)26-16(28)32/h1-4,7-8,11-14,29-30H,5-6H2,(H,33,39)(H2,23,25,31)(H2,24,26,32)/t7-,8-,11?,12?,13-,14-,38?/m1/s1. The molecule has 3 unspecified atom stereocenters. The van der Waals surface area contributed by atoms with Crippen molar-refractivity contribution in [3.63, 3.8) is 0 Å². The molecule has 39 heavy (non-hydrogen) atoms. The number of nitrogens with zero attached hydrogens (tertiary/aromatic N) is 4. The summed E-state index contributed by atoms with van der Waals surface area (Å²) >= 11 is 4.72. The minimum absolute atomic E-state index is 0.259. The van der Waals surface area contributed by atoms with Gasteiger partial charge in [-0.05, 0) is 23.9 Å². The smallest absolute Gasteiger partial charge is 0.351 e. The molecule has 2 fully saturated rings. The van der Waals surface area contributed by atoms with E-state index < -0.39 is 80.0 Å². The number of hydrogen-bond acceptors (Lipinski definition) is 13. The molecular weight excluding hydrogens is 583 g/mol. The lowest BCUT2D eigenvalue weighted by Crippen LogP contribution is -2.43. The molecule has 21 heteroatoms. The molecule has 2 aliphatic rings. The second-order valence-electron chi connectivity index (χ2n) is 8.41. The van der Waals surface area contributed by atoms with Crippen LogP contribution in [0, 0.1) is 0 Å². The van der Waals surface area contributed by atoms with Crippen molar-refractivity contribution in [3.8, 4) is 0 Å². The van der Waals surface area contributed by atoms with Gasteiger partial charge in [0.2, 0.25) is 12.5 Å². The van der Waals surface area contributed by atoms with Crippen LogP contribution >= 0.6 is 6.72 Å². The molecule has 0 aliphatic carbocycles. The highest BCUT2D eigenvalue weighted by atomic mass is 32.5. The Labute approximate surface area is 219 Å². The normalized spacial score (nSPS) is 31.3. The fraction of sp³-hybridized carbons (Fsp3) is 0.556. The minimum atomic E-state index is -4.73. The maximum Gasteiger partial charge on any atom is 0.351 e. The van der Waals surface area contributed by atoms with Gasteiger partial charge in [0.1, 0.15) is 23.8 Å². The molecule has 2 aromatic heterocycles. The summed E-state index contributed by atoms with van der Waals surface area (Å²) in [4.78, 5) is 41.0. The van der Waals surface area contributed by atoms with E-state index in [2.05, 4.69) is 9.97 Å². The number of aromatic nitrogens is 4. The maximum absolute atomic E-state index is 15.2. The number of ether oxygens (including phenoxy) is 2. The number of alkyl halides is 4. The van der Waals surface area contributed by atoms with Gasteiger partial charge < -0.3 is 40.6 Å². The average molecular weight is 604 g/mol. The topological polar surface area (TPSA) is 219 Å². The highest BCUT2D eigenvalue weighted by Gasteiger charge is 2.63. The number of halogens is 4. The van der Waals surface area contributed by atoms with Crippen LogP contribution in [0.5, 0.6) is 0 Å². The molecule has 7 N–H and O–H groups in total. The van der Waals surface area contributed by atoms with Crippen LogP contribution in [-0.4, -0.2) is 83.7 Å². The number of aliphatic hydroxyl groups excluding tert-OH is 2. The van der Waals surface area contributed by atoms with E-state index in [1.54, 1.807) is 0 Å². The molecule has 0 saturated carbocycles. The lowest BCUT2D eigenvalue weighted by molar-refractivity contribution is -0.141. The first-order valence-electron chi connectivity index (χ1n) is 10.8. The van der Waals surface area contributed by atoms with Gasteiger partial charge in [0.05, 0.1) is 13.2 Å². The lowest BCUT2D eigenvalue weighted by atomic mass is 10.1. The third kappa shape index (κ3) is 5.56. The van der Waals surface area contributed by atoms with Gasteiger partial charge in [-0.1, -0.05) is 0 Å². The Morgan fingerprint density at radius 3 is 1.97 bits per heavy atom. The Morgan fingerprint density at radius 1 is 1.00 bits per heavy atom. The van der Waals surface area contributed by atoms with Crippen LogP contribution in [-0.2, 0) is 30.3 Å². The van der Waals surface area contributed by atoms with Gasteiger partial charge in [0.15, 0.2) is 12.2 Å². The van der Waals surface area contributed by atoms with E-state index in [1.165, 1.54) is 0 Å². The predicted octanol–water partition coefficient (Wildman–Crippen LogP) is -1.30. The molecule has 2 aliphatic heterocycles. The van der Waals surface area contributed by atoms with E-state index >= 15 is 8.78 Å². The zero-order chi connectivity index (χ0) is 28.9. The van der Waals surface area contributed by atoms with Crippen molar-refractivity contribution in [2.24, 2.45) is 0 Å².